The fourth-order valence-corrected chi connectivity index (χ4v) is 2.79. The van der Waals surface area contributed by atoms with Gasteiger partial charge >= 0.3 is 0 Å². The van der Waals surface area contributed by atoms with Crippen LogP contribution in [0.15, 0.2) is 29.3 Å². The van der Waals surface area contributed by atoms with Crippen LogP contribution >= 0.6 is 24.0 Å². The normalized spacial score (nSPS) is 16.3. The lowest BCUT2D eigenvalue weighted by Crippen LogP contribution is -2.41. The number of halogens is 1. The molecule has 0 aliphatic carbocycles. The van der Waals surface area contributed by atoms with E-state index in [1.165, 1.54) is 5.56 Å². The van der Waals surface area contributed by atoms with Gasteiger partial charge in [0.1, 0.15) is 18.1 Å². The minimum atomic E-state index is 0. The van der Waals surface area contributed by atoms with Crippen molar-refractivity contribution in [1.82, 2.24) is 25.4 Å². The number of aryl methyl sites for hydroxylation is 1. The molecule has 1 aromatic heterocycles. The van der Waals surface area contributed by atoms with E-state index in [1.54, 1.807) is 0 Å². The Balaban J connectivity index is 0.00000243. The lowest BCUT2D eigenvalue weighted by atomic mass is 10.0. The highest BCUT2D eigenvalue weighted by Gasteiger charge is 2.21. The van der Waals surface area contributed by atoms with E-state index in [9.17, 15) is 0 Å². The SMILES string of the molecule is CCCNC(=NCc1nnc(C)n1C)NC1CCOc2ccccc21.I. The predicted molar refractivity (Wildman–Crippen MR) is 113 cm³/mol. The molecule has 0 radical (unpaired) electrons. The van der Waals surface area contributed by atoms with Gasteiger partial charge in [0, 0.05) is 25.6 Å². The fraction of sp³-hybridized carbons (Fsp3) is 0.500. The van der Waals surface area contributed by atoms with Gasteiger partial charge in [-0.1, -0.05) is 25.1 Å². The molecular formula is C18H27IN6O. The molecule has 1 atom stereocenters. The Labute approximate surface area is 171 Å². The van der Waals surface area contributed by atoms with Crippen molar-refractivity contribution in [3.05, 3.63) is 41.5 Å². The van der Waals surface area contributed by atoms with Crippen molar-refractivity contribution in [2.45, 2.75) is 39.3 Å². The molecule has 8 heteroatoms. The van der Waals surface area contributed by atoms with Crippen LogP contribution in [-0.2, 0) is 13.6 Å². The van der Waals surface area contributed by atoms with Gasteiger partial charge < -0.3 is 19.9 Å². The first-order valence-electron chi connectivity index (χ1n) is 8.80. The maximum Gasteiger partial charge on any atom is 0.192 e. The third-order valence-corrected chi connectivity index (χ3v) is 4.37. The molecule has 0 spiro atoms. The minimum Gasteiger partial charge on any atom is -0.493 e. The number of nitrogens with zero attached hydrogens (tertiary/aromatic N) is 4. The molecule has 0 amide bonds. The monoisotopic (exact) mass is 470 g/mol. The van der Waals surface area contributed by atoms with Crippen molar-refractivity contribution in [1.29, 1.82) is 0 Å². The highest BCUT2D eigenvalue weighted by Crippen LogP contribution is 2.31. The molecule has 0 bridgehead atoms. The summed E-state index contributed by atoms with van der Waals surface area (Å²) in [5.41, 5.74) is 1.18. The zero-order valence-corrected chi connectivity index (χ0v) is 17.9. The van der Waals surface area contributed by atoms with Crippen molar-refractivity contribution in [3.8, 4) is 5.75 Å². The van der Waals surface area contributed by atoms with Gasteiger partial charge in [-0.25, -0.2) is 4.99 Å². The highest BCUT2D eigenvalue weighted by molar-refractivity contribution is 14.0. The highest BCUT2D eigenvalue weighted by atomic mass is 127. The van der Waals surface area contributed by atoms with Crippen LogP contribution in [0.3, 0.4) is 0 Å². The summed E-state index contributed by atoms with van der Waals surface area (Å²) in [6, 6.07) is 8.36. The second-order valence-electron chi connectivity index (χ2n) is 6.19. The second-order valence-corrected chi connectivity index (χ2v) is 6.19. The fourth-order valence-electron chi connectivity index (χ4n) is 2.79. The number of guanidine groups is 1. The molecule has 2 aromatic rings. The first-order valence-corrected chi connectivity index (χ1v) is 8.80. The van der Waals surface area contributed by atoms with E-state index in [2.05, 4.69) is 33.8 Å². The first-order chi connectivity index (χ1) is 12.2. The number of aromatic nitrogens is 3. The van der Waals surface area contributed by atoms with Gasteiger partial charge in [0.25, 0.3) is 0 Å². The average molecular weight is 470 g/mol. The number of para-hydroxylation sites is 1. The Morgan fingerprint density at radius 2 is 2.15 bits per heavy atom. The molecule has 1 unspecified atom stereocenters. The van der Waals surface area contributed by atoms with Crippen molar-refractivity contribution in [2.75, 3.05) is 13.2 Å². The summed E-state index contributed by atoms with van der Waals surface area (Å²) in [6.45, 7) is 6.14. The molecule has 2 N–H and O–H groups in total. The van der Waals surface area contributed by atoms with Gasteiger partial charge in [-0.2, -0.15) is 0 Å². The summed E-state index contributed by atoms with van der Waals surface area (Å²) in [6.07, 6.45) is 1.95. The summed E-state index contributed by atoms with van der Waals surface area (Å²) < 4.78 is 7.71. The summed E-state index contributed by atoms with van der Waals surface area (Å²) in [5.74, 6) is 3.48. The second kappa shape index (κ2) is 9.75. The van der Waals surface area contributed by atoms with Gasteiger partial charge in [-0.15, -0.1) is 34.2 Å². The number of rotatable bonds is 5. The molecule has 0 saturated heterocycles. The van der Waals surface area contributed by atoms with Gasteiger partial charge in [-0.3, -0.25) is 0 Å². The Morgan fingerprint density at radius 3 is 2.88 bits per heavy atom. The number of fused-ring (bicyclic) bond motifs is 1. The number of hydrogen-bond donors (Lipinski definition) is 2. The van der Waals surface area contributed by atoms with E-state index in [-0.39, 0.29) is 30.0 Å². The summed E-state index contributed by atoms with van der Waals surface area (Å²) in [4.78, 5) is 4.70. The Hall–Kier alpha value is -1.84. The van der Waals surface area contributed by atoms with Crippen molar-refractivity contribution in [3.63, 3.8) is 0 Å². The van der Waals surface area contributed by atoms with Gasteiger partial charge in [-0.05, 0) is 19.4 Å². The number of benzene rings is 1. The third kappa shape index (κ3) is 4.87. The van der Waals surface area contributed by atoms with E-state index in [1.807, 2.05) is 36.7 Å². The van der Waals surface area contributed by atoms with Crippen LogP contribution in [-0.4, -0.2) is 33.9 Å². The molecule has 1 aliphatic heterocycles. The molecule has 2 heterocycles. The molecule has 0 saturated carbocycles. The Morgan fingerprint density at radius 1 is 1.35 bits per heavy atom. The zero-order chi connectivity index (χ0) is 17.6. The first kappa shape index (κ1) is 20.5. The van der Waals surface area contributed by atoms with Gasteiger partial charge in [0.15, 0.2) is 11.8 Å². The maximum atomic E-state index is 5.74. The predicted octanol–water partition coefficient (Wildman–Crippen LogP) is 2.71. The quantitative estimate of drug-likeness (QED) is 0.400. The van der Waals surface area contributed by atoms with Crippen molar-refractivity contribution in [2.24, 2.45) is 12.0 Å². The van der Waals surface area contributed by atoms with Crippen molar-refractivity contribution >= 4 is 29.9 Å². The zero-order valence-electron chi connectivity index (χ0n) is 15.5. The molecule has 1 aromatic carbocycles. The standard InChI is InChI=1S/C18H26N6O.HI/c1-4-10-19-18(20-12-17-23-22-13(2)24(17)3)21-15-9-11-25-16-8-6-5-7-14(15)16;/h5-8,15H,4,9-12H2,1-3H3,(H2,19,20,21);1H. The molecule has 142 valence electrons. The van der Waals surface area contributed by atoms with Crippen LogP contribution in [0.2, 0.25) is 0 Å². The topological polar surface area (TPSA) is 76.4 Å². The lowest BCUT2D eigenvalue weighted by molar-refractivity contribution is 0.261. The van der Waals surface area contributed by atoms with E-state index in [0.29, 0.717) is 13.2 Å². The number of ether oxygens (including phenoxy) is 1. The van der Waals surface area contributed by atoms with E-state index < -0.39 is 0 Å². The maximum absolute atomic E-state index is 5.74. The number of aliphatic imine (C=N–C) groups is 1. The van der Waals surface area contributed by atoms with E-state index in [0.717, 1.165) is 42.7 Å². The third-order valence-electron chi connectivity index (χ3n) is 4.37. The van der Waals surface area contributed by atoms with Crippen molar-refractivity contribution < 1.29 is 4.74 Å². The van der Waals surface area contributed by atoms with Crippen LogP contribution in [0.1, 0.15) is 43.0 Å². The molecular weight excluding hydrogens is 443 g/mol. The smallest absolute Gasteiger partial charge is 0.192 e. The summed E-state index contributed by atoms with van der Waals surface area (Å²) in [5, 5.41) is 15.2. The minimum absolute atomic E-state index is 0. The number of nitrogens with one attached hydrogen (secondary N) is 2. The Kier molecular flexibility index (Phi) is 7.67. The summed E-state index contributed by atoms with van der Waals surface area (Å²) in [7, 11) is 1.96. The van der Waals surface area contributed by atoms with Crippen LogP contribution in [0.5, 0.6) is 5.75 Å². The van der Waals surface area contributed by atoms with Crippen LogP contribution in [0, 0.1) is 6.92 Å². The van der Waals surface area contributed by atoms with E-state index in [4.69, 9.17) is 9.73 Å². The van der Waals surface area contributed by atoms with Gasteiger partial charge in [0.2, 0.25) is 0 Å². The molecule has 1 aliphatic rings. The van der Waals surface area contributed by atoms with E-state index >= 15 is 0 Å². The van der Waals surface area contributed by atoms with Gasteiger partial charge in [0.05, 0.1) is 12.6 Å². The largest absolute Gasteiger partial charge is 0.493 e. The molecule has 26 heavy (non-hydrogen) atoms. The lowest BCUT2D eigenvalue weighted by Gasteiger charge is -2.28. The van der Waals surface area contributed by atoms with Crippen LogP contribution < -0.4 is 15.4 Å². The summed E-state index contributed by atoms with van der Waals surface area (Å²) >= 11 is 0. The average Bonchev–Trinajstić information content (AvgIpc) is 2.96. The molecule has 7 nitrogen and oxygen atoms in total. The van der Waals surface area contributed by atoms with Crippen LogP contribution in [0.25, 0.3) is 0 Å². The van der Waals surface area contributed by atoms with Crippen LogP contribution in [0.4, 0.5) is 0 Å². The number of hydrogen-bond acceptors (Lipinski definition) is 4. The Bertz CT molecular complexity index is 745. The molecule has 3 rings (SSSR count). The molecule has 0 fully saturated rings.